The highest BCUT2D eigenvalue weighted by atomic mass is 16.6. The zero-order valence-electron chi connectivity index (χ0n) is 18.8. The fourth-order valence-electron chi connectivity index (χ4n) is 4.82. The molecule has 0 spiro atoms. The molecule has 34 heavy (non-hydrogen) atoms. The lowest BCUT2D eigenvalue weighted by Crippen LogP contribution is -2.39. The van der Waals surface area contributed by atoms with E-state index >= 15 is 0 Å². The number of nitrogens with zero attached hydrogens (tertiary/aromatic N) is 4. The summed E-state index contributed by atoms with van der Waals surface area (Å²) < 4.78 is 0. The number of nitro benzene ring substituents is 1. The summed E-state index contributed by atoms with van der Waals surface area (Å²) in [5.41, 5.74) is 4.29. The monoisotopic (exact) mass is 454 g/mol. The number of benzene rings is 3. The Morgan fingerprint density at radius 3 is 2.26 bits per heavy atom. The van der Waals surface area contributed by atoms with Crippen LogP contribution in [0.4, 0.5) is 21.9 Å². The maximum absolute atomic E-state index is 14.0. The third kappa shape index (κ3) is 4.29. The summed E-state index contributed by atoms with van der Waals surface area (Å²) in [6, 6.07) is 23.5. The summed E-state index contributed by atoms with van der Waals surface area (Å²) in [6.45, 7) is 0.282. The zero-order chi connectivity index (χ0) is 23.5. The van der Waals surface area contributed by atoms with Crippen molar-refractivity contribution >= 4 is 28.8 Å². The number of carbonyl (C=O) groups excluding carboxylic acids is 1. The Hall–Kier alpha value is -4.00. The second-order valence-electron chi connectivity index (χ2n) is 8.78. The van der Waals surface area contributed by atoms with Crippen LogP contribution in [0.3, 0.4) is 0 Å². The molecule has 1 aliphatic carbocycles. The average Bonchev–Trinajstić information content (AvgIpc) is 3.00. The molecular formula is C27H26N4O3. The summed E-state index contributed by atoms with van der Waals surface area (Å²) in [6.07, 6.45) is 5.69. The van der Waals surface area contributed by atoms with Gasteiger partial charge >= 0.3 is 6.03 Å². The summed E-state index contributed by atoms with van der Waals surface area (Å²) in [7, 11) is 0. The van der Waals surface area contributed by atoms with Crippen LogP contribution >= 0.6 is 0 Å². The van der Waals surface area contributed by atoms with Gasteiger partial charge in [-0.25, -0.2) is 4.79 Å². The number of anilines is 2. The standard InChI is InChI=1S/C27H26N4O3/c32-27-29(19-20-15-17-23(18-16-20)31(33)34)25-14-8-7-13-24(25)26(21-9-3-1-4-10-21)28-30(27)22-11-5-2-6-12-22/h2,5-8,11-18,21H,1,3-4,9-10,19H2. The predicted octanol–water partition coefficient (Wildman–Crippen LogP) is 6.53. The largest absolute Gasteiger partial charge is 0.350 e. The van der Waals surface area contributed by atoms with E-state index in [2.05, 4.69) is 0 Å². The van der Waals surface area contributed by atoms with E-state index in [0.717, 1.165) is 48.2 Å². The van der Waals surface area contributed by atoms with Crippen LogP contribution < -0.4 is 9.91 Å². The van der Waals surface area contributed by atoms with Crippen LogP contribution in [0, 0.1) is 16.0 Å². The van der Waals surface area contributed by atoms with Crippen LogP contribution in [0.1, 0.15) is 43.2 Å². The Balaban J connectivity index is 1.60. The van der Waals surface area contributed by atoms with Crippen LogP contribution in [-0.4, -0.2) is 16.7 Å². The van der Waals surface area contributed by atoms with Crippen molar-refractivity contribution in [2.24, 2.45) is 11.0 Å². The van der Waals surface area contributed by atoms with E-state index in [9.17, 15) is 14.9 Å². The van der Waals surface area contributed by atoms with Crippen molar-refractivity contribution in [2.45, 2.75) is 38.6 Å². The SMILES string of the molecule is O=C1N(Cc2ccc([N+](=O)[O-])cc2)c2ccccc2C(C2CCCCC2)=NN1c1ccccc1. The van der Waals surface area contributed by atoms with Crippen LogP contribution in [0.2, 0.25) is 0 Å². The van der Waals surface area contributed by atoms with Gasteiger partial charge in [0.05, 0.1) is 28.6 Å². The van der Waals surface area contributed by atoms with Crippen LogP contribution in [0.25, 0.3) is 0 Å². The van der Waals surface area contributed by atoms with Gasteiger partial charge in [-0.15, -0.1) is 0 Å². The first kappa shape index (κ1) is 21.8. The first-order valence-electron chi connectivity index (χ1n) is 11.7. The molecule has 7 nitrogen and oxygen atoms in total. The number of hydrazone groups is 1. The van der Waals surface area contributed by atoms with Crippen molar-refractivity contribution in [3.8, 4) is 0 Å². The number of non-ortho nitro benzene ring substituents is 1. The molecule has 2 amide bonds. The lowest BCUT2D eigenvalue weighted by Gasteiger charge is -2.26. The van der Waals surface area contributed by atoms with Gasteiger partial charge < -0.3 is 0 Å². The number of nitro groups is 1. The molecule has 1 aliphatic heterocycles. The molecule has 7 heteroatoms. The van der Waals surface area contributed by atoms with E-state index < -0.39 is 4.92 Å². The molecule has 172 valence electrons. The minimum absolute atomic E-state index is 0.0279. The average molecular weight is 455 g/mol. The maximum Gasteiger partial charge on any atom is 0.350 e. The topological polar surface area (TPSA) is 79.0 Å². The number of para-hydroxylation sites is 2. The van der Waals surface area contributed by atoms with E-state index in [1.165, 1.54) is 23.6 Å². The van der Waals surface area contributed by atoms with E-state index in [1.54, 1.807) is 17.0 Å². The number of rotatable bonds is 5. The normalized spacial score (nSPS) is 16.6. The Kier molecular flexibility index (Phi) is 6.08. The molecule has 0 unspecified atom stereocenters. The highest BCUT2D eigenvalue weighted by Crippen LogP contribution is 2.36. The molecule has 2 aliphatic rings. The minimum atomic E-state index is -0.419. The maximum atomic E-state index is 14.0. The quantitative estimate of drug-likeness (QED) is 0.325. The molecule has 0 N–H and O–H groups in total. The Morgan fingerprint density at radius 2 is 1.56 bits per heavy atom. The minimum Gasteiger partial charge on any atom is -0.287 e. The Labute approximate surface area is 198 Å². The van der Waals surface area contributed by atoms with E-state index in [0.29, 0.717) is 11.6 Å². The molecule has 0 radical (unpaired) electrons. The number of urea groups is 1. The van der Waals surface area contributed by atoms with Gasteiger partial charge in [0.2, 0.25) is 0 Å². The van der Waals surface area contributed by atoms with Gasteiger partial charge in [0.1, 0.15) is 0 Å². The summed E-state index contributed by atoms with van der Waals surface area (Å²) >= 11 is 0. The summed E-state index contributed by atoms with van der Waals surface area (Å²) in [5, 5.41) is 17.6. The first-order valence-corrected chi connectivity index (χ1v) is 11.7. The molecule has 0 saturated heterocycles. The van der Waals surface area contributed by atoms with Gasteiger partial charge in [-0.05, 0) is 36.6 Å². The van der Waals surface area contributed by atoms with E-state index in [1.807, 2.05) is 54.6 Å². The first-order chi connectivity index (χ1) is 16.6. The lowest BCUT2D eigenvalue weighted by molar-refractivity contribution is -0.384. The molecule has 1 fully saturated rings. The van der Waals surface area contributed by atoms with Gasteiger partial charge in [-0.1, -0.05) is 67.8 Å². The van der Waals surface area contributed by atoms with Gasteiger partial charge in [0, 0.05) is 23.6 Å². The summed E-state index contributed by atoms with van der Waals surface area (Å²) in [5.74, 6) is 0.299. The number of hydrogen-bond acceptors (Lipinski definition) is 4. The Morgan fingerprint density at radius 1 is 0.882 bits per heavy atom. The second-order valence-corrected chi connectivity index (χ2v) is 8.78. The van der Waals surface area contributed by atoms with Gasteiger partial charge in [0.25, 0.3) is 5.69 Å². The van der Waals surface area contributed by atoms with Crippen LogP contribution in [0.15, 0.2) is 84.0 Å². The highest BCUT2D eigenvalue weighted by molar-refractivity contribution is 6.15. The van der Waals surface area contributed by atoms with E-state index in [4.69, 9.17) is 5.10 Å². The molecule has 1 heterocycles. The number of hydrogen-bond donors (Lipinski definition) is 0. The van der Waals surface area contributed by atoms with Gasteiger partial charge in [-0.2, -0.15) is 10.1 Å². The smallest absolute Gasteiger partial charge is 0.287 e. The molecular weight excluding hydrogens is 428 g/mol. The molecule has 5 rings (SSSR count). The third-order valence-corrected chi connectivity index (χ3v) is 6.57. The fraction of sp³-hybridized carbons (Fsp3) is 0.259. The van der Waals surface area contributed by atoms with Gasteiger partial charge in [-0.3, -0.25) is 15.0 Å². The fourth-order valence-corrected chi connectivity index (χ4v) is 4.82. The number of amides is 2. The number of carbonyl (C=O) groups is 1. The zero-order valence-corrected chi connectivity index (χ0v) is 18.8. The molecule has 0 atom stereocenters. The molecule has 0 bridgehead atoms. The second kappa shape index (κ2) is 9.47. The van der Waals surface area contributed by atoms with Crippen molar-refractivity contribution in [2.75, 3.05) is 9.91 Å². The van der Waals surface area contributed by atoms with E-state index in [-0.39, 0.29) is 18.3 Å². The predicted molar refractivity (Wildman–Crippen MR) is 133 cm³/mol. The van der Waals surface area contributed by atoms with Crippen LogP contribution in [-0.2, 0) is 6.54 Å². The molecule has 3 aromatic rings. The third-order valence-electron chi connectivity index (χ3n) is 6.57. The van der Waals surface area contributed by atoms with Crippen molar-refractivity contribution in [3.63, 3.8) is 0 Å². The Bertz CT molecular complexity index is 1220. The molecule has 1 saturated carbocycles. The molecule has 3 aromatic carbocycles. The van der Waals surface area contributed by atoms with Crippen molar-refractivity contribution in [1.82, 2.24) is 0 Å². The van der Waals surface area contributed by atoms with Crippen LogP contribution in [0.5, 0.6) is 0 Å². The van der Waals surface area contributed by atoms with Crippen molar-refractivity contribution in [1.29, 1.82) is 0 Å². The highest BCUT2D eigenvalue weighted by Gasteiger charge is 2.33. The van der Waals surface area contributed by atoms with Crippen molar-refractivity contribution in [3.05, 3.63) is 100 Å². The van der Waals surface area contributed by atoms with Crippen molar-refractivity contribution < 1.29 is 9.72 Å². The molecule has 0 aromatic heterocycles. The van der Waals surface area contributed by atoms with Gasteiger partial charge in [0.15, 0.2) is 0 Å². The number of fused-ring (bicyclic) bond motifs is 1. The summed E-state index contributed by atoms with van der Waals surface area (Å²) in [4.78, 5) is 26.3. The lowest BCUT2D eigenvalue weighted by atomic mass is 9.83.